The quantitative estimate of drug-likeness (QED) is 0.242. The molecule has 0 spiro atoms. The number of ether oxygens (including phenoxy) is 2. The molecule has 6 rings (SSSR count). The number of Topliss-reactive ketones (excluding diaryl/α,β-unsaturated/α-hetero) is 1. The Kier molecular flexibility index (Phi) is 5.96. The number of carbonyl (C=O) groups is 2. The van der Waals surface area contributed by atoms with E-state index in [-0.39, 0.29) is 28.0 Å². The van der Waals surface area contributed by atoms with E-state index in [0.29, 0.717) is 34.4 Å². The average molecular weight is 543 g/mol. The highest BCUT2D eigenvalue weighted by Crippen LogP contribution is 2.46. The summed E-state index contributed by atoms with van der Waals surface area (Å²) in [4.78, 5) is 33.3. The highest BCUT2D eigenvalue weighted by molar-refractivity contribution is 7.22. The van der Waals surface area contributed by atoms with Gasteiger partial charge < -0.3 is 24.1 Å². The van der Waals surface area contributed by atoms with E-state index in [1.807, 2.05) is 19.1 Å². The lowest BCUT2D eigenvalue weighted by Crippen LogP contribution is -2.31. The normalized spacial score (nSPS) is 15.5. The summed E-state index contributed by atoms with van der Waals surface area (Å²) in [6, 6.07) is 17.5. The number of para-hydroxylation sites is 1. The predicted molar refractivity (Wildman–Crippen MR) is 146 cm³/mol. The molecule has 3 heterocycles. The van der Waals surface area contributed by atoms with Crippen LogP contribution in [0, 0.1) is 0 Å². The van der Waals surface area contributed by atoms with Crippen molar-refractivity contribution in [2.24, 2.45) is 0 Å². The molecule has 3 aromatic carbocycles. The molecular weight excluding hydrogens is 520 g/mol. The van der Waals surface area contributed by atoms with Crippen molar-refractivity contribution in [3.05, 3.63) is 89.4 Å². The maximum atomic E-state index is 13.8. The number of furan rings is 1. The van der Waals surface area contributed by atoms with E-state index in [1.165, 1.54) is 35.5 Å². The second-order valence-corrected chi connectivity index (χ2v) is 9.82. The zero-order valence-corrected chi connectivity index (χ0v) is 21.7. The maximum Gasteiger partial charge on any atom is 0.296 e. The molecule has 1 atom stereocenters. The van der Waals surface area contributed by atoms with Crippen LogP contribution in [-0.2, 0) is 4.79 Å². The monoisotopic (exact) mass is 542 g/mol. The third kappa shape index (κ3) is 4.05. The third-order valence-electron chi connectivity index (χ3n) is 6.49. The second kappa shape index (κ2) is 9.48. The molecule has 0 aliphatic carbocycles. The first-order valence-corrected chi connectivity index (χ1v) is 12.9. The first-order valence-electron chi connectivity index (χ1n) is 12.1. The van der Waals surface area contributed by atoms with E-state index >= 15 is 0 Å². The molecule has 0 saturated carbocycles. The molecule has 39 heavy (non-hydrogen) atoms. The van der Waals surface area contributed by atoms with Crippen molar-refractivity contribution < 1.29 is 33.7 Å². The van der Waals surface area contributed by atoms with Crippen molar-refractivity contribution in [2.45, 2.75) is 13.0 Å². The number of rotatable bonds is 7. The Morgan fingerprint density at radius 1 is 1.10 bits per heavy atom. The van der Waals surface area contributed by atoms with Gasteiger partial charge in [0.15, 0.2) is 28.1 Å². The first-order chi connectivity index (χ1) is 18.9. The number of fused-ring (bicyclic) bond motifs is 2. The van der Waals surface area contributed by atoms with Crippen molar-refractivity contribution in [3.63, 3.8) is 0 Å². The van der Waals surface area contributed by atoms with Gasteiger partial charge in [0.25, 0.3) is 5.91 Å². The van der Waals surface area contributed by atoms with Crippen molar-refractivity contribution >= 4 is 49.3 Å². The lowest BCUT2D eigenvalue weighted by molar-refractivity contribution is -0.117. The number of aromatic hydroxyl groups is 1. The fourth-order valence-electron chi connectivity index (χ4n) is 4.69. The van der Waals surface area contributed by atoms with Crippen molar-refractivity contribution in [1.29, 1.82) is 0 Å². The Morgan fingerprint density at radius 2 is 1.92 bits per heavy atom. The van der Waals surface area contributed by atoms with E-state index in [0.717, 1.165) is 4.70 Å². The predicted octanol–water partition coefficient (Wildman–Crippen LogP) is 5.94. The highest BCUT2D eigenvalue weighted by atomic mass is 32.1. The Balaban J connectivity index is 1.51. The third-order valence-corrected chi connectivity index (χ3v) is 7.50. The number of carbonyl (C=O) groups excluding carboxylic acids is 2. The van der Waals surface area contributed by atoms with E-state index in [1.54, 1.807) is 42.5 Å². The largest absolute Gasteiger partial charge is 0.504 e. The molecule has 0 radical (unpaired) electrons. The Bertz CT molecular complexity index is 1770. The number of phenolic OH excluding ortho intramolecular Hbond substituents is 1. The molecule has 0 saturated heterocycles. The van der Waals surface area contributed by atoms with Gasteiger partial charge in [0.2, 0.25) is 5.78 Å². The number of amides is 1. The molecule has 2 aromatic heterocycles. The van der Waals surface area contributed by atoms with E-state index in [9.17, 15) is 19.8 Å². The number of thiazole rings is 1. The summed E-state index contributed by atoms with van der Waals surface area (Å²) < 4.78 is 17.4. The van der Waals surface area contributed by atoms with Crippen LogP contribution in [0.4, 0.5) is 5.13 Å². The minimum absolute atomic E-state index is 0.0196. The van der Waals surface area contributed by atoms with E-state index < -0.39 is 23.5 Å². The number of hydrogen-bond donors (Lipinski definition) is 2. The number of aliphatic hydroxyl groups is 1. The summed E-state index contributed by atoms with van der Waals surface area (Å²) >= 11 is 1.23. The van der Waals surface area contributed by atoms with Crippen molar-refractivity contribution in [1.82, 2.24) is 4.98 Å². The molecule has 196 valence electrons. The maximum absolute atomic E-state index is 13.8. The molecule has 2 N–H and O–H groups in total. The Morgan fingerprint density at radius 3 is 2.69 bits per heavy atom. The number of aliphatic hydroxyl groups excluding tert-OH is 1. The summed E-state index contributed by atoms with van der Waals surface area (Å²) in [5, 5.41) is 22.3. The summed E-state index contributed by atoms with van der Waals surface area (Å²) in [5.74, 6) is -1.45. The standard InChI is InChI=1S/C29H22N2O7S/c1-3-37-17-9-10-18-23(14-17)39-29(30-18)31-25(16-8-11-19(32)21(13-16)36-2)24(27(34)28(31)35)26(33)22-12-15-6-4-5-7-20(15)38-22/h4-14,25,32,34H,3H2,1-2H3. The van der Waals surface area contributed by atoms with Gasteiger partial charge in [-0.15, -0.1) is 0 Å². The average Bonchev–Trinajstić information content (AvgIpc) is 3.63. The van der Waals surface area contributed by atoms with Crippen LogP contribution in [-0.4, -0.2) is 40.6 Å². The van der Waals surface area contributed by atoms with Crippen molar-refractivity contribution in [2.75, 3.05) is 18.6 Å². The number of anilines is 1. The van der Waals surface area contributed by atoms with Gasteiger partial charge in [-0.1, -0.05) is 35.6 Å². The molecule has 10 heteroatoms. The molecule has 1 aliphatic rings. The molecule has 0 fully saturated rings. The van der Waals surface area contributed by atoms with Crippen LogP contribution in [0.5, 0.6) is 17.2 Å². The van der Waals surface area contributed by atoms with Gasteiger partial charge in [-0.25, -0.2) is 4.98 Å². The lowest BCUT2D eigenvalue weighted by Gasteiger charge is -2.24. The van der Waals surface area contributed by atoms with Crippen LogP contribution in [0.1, 0.15) is 29.1 Å². The van der Waals surface area contributed by atoms with Crippen molar-refractivity contribution in [3.8, 4) is 17.2 Å². The fraction of sp³-hybridized carbons (Fsp3) is 0.138. The topological polar surface area (TPSA) is 122 Å². The molecule has 1 unspecified atom stereocenters. The van der Waals surface area contributed by atoms with Crippen LogP contribution >= 0.6 is 11.3 Å². The van der Waals surface area contributed by atoms with Crippen LogP contribution < -0.4 is 14.4 Å². The smallest absolute Gasteiger partial charge is 0.296 e. The van der Waals surface area contributed by atoms with Gasteiger partial charge in [-0.05, 0) is 55.0 Å². The molecule has 0 bridgehead atoms. The summed E-state index contributed by atoms with van der Waals surface area (Å²) in [6.07, 6.45) is 0. The number of ketones is 1. The molecular formula is C29H22N2O7S. The number of benzene rings is 3. The zero-order chi connectivity index (χ0) is 27.3. The molecule has 1 amide bonds. The van der Waals surface area contributed by atoms with Crippen LogP contribution in [0.2, 0.25) is 0 Å². The van der Waals surface area contributed by atoms with E-state index in [4.69, 9.17) is 13.9 Å². The molecule has 1 aliphatic heterocycles. The van der Waals surface area contributed by atoms with Gasteiger partial charge in [0.05, 0.1) is 35.5 Å². The summed E-state index contributed by atoms with van der Waals surface area (Å²) in [5.41, 5.74) is 1.39. The second-order valence-electron chi connectivity index (χ2n) is 8.81. The number of phenols is 1. The van der Waals surface area contributed by atoms with Gasteiger partial charge >= 0.3 is 0 Å². The fourth-order valence-corrected chi connectivity index (χ4v) is 5.71. The summed E-state index contributed by atoms with van der Waals surface area (Å²) in [7, 11) is 1.40. The Hall–Kier alpha value is -4.83. The summed E-state index contributed by atoms with van der Waals surface area (Å²) in [6.45, 7) is 2.38. The van der Waals surface area contributed by atoms with Crippen LogP contribution in [0.25, 0.3) is 21.2 Å². The Labute approximate surface area is 226 Å². The minimum atomic E-state index is -1.07. The number of hydrogen-bond acceptors (Lipinski definition) is 9. The highest BCUT2D eigenvalue weighted by Gasteiger charge is 2.46. The number of methoxy groups -OCH3 is 1. The van der Waals surface area contributed by atoms with Crippen LogP contribution in [0.15, 0.2) is 82.5 Å². The molecule has 9 nitrogen and oxygen atoms in total. The molecule has 5 aromatic rings. The lowest BCUT2D eigenvalue weighted by atomic mass is 9.95. The van der Waals surface area contributed by atoms with Gasteiger partial charge in [0.1, 0.15) is 11.3 Å². The SMILES string of the molecule is CCOc1ccc2nc(N3C(=O)C(O)=C(C(=O)c4cc5ccccc5o4)C3c3ccc(O)c(OC)c3)sc2c1. The van der Waals surface area contributed by atoms with Gasteiger partial charge in [0, 0.05) is 5.39 Å². The minimum Gasteiger partial charge on any atom is -0.504 e. The van der Waals surface area contributed by atoms with E-state index in [2.05, 4.69) is 4.98 Å². The number of nitrogens with zero attached hydrogens (tertiary/aromatic N) is 2. The zero-order valence-electron chi connectivity index (χ0n) is 20.9. The number of aromatic nitrogens is 1. The van der Waals surface area contributed by atoms with Gasteiger partial charge in [-0.3, -0.25) is 14.5 Å². The van der Waals surface area contributed by atoms with Crippen LogP contribution in [0.3, 0.4) is 0 Å². The van der Waals surface area contributed by atoms with Gasteiger partial charge in [-0.2, -0.15) is 0 Å². The first kappa shape index (κ1) is 24.5.